The van der Waals surface area contributed by atoms with Crippen LogP contribution in [-0.4, -0.2) is 11.1 Å². The minimum absolute atomic E-state index is 0.132. The highest BCUT2D eigenvalue weighted by Crippen LogP contribution is 2.17. The maximum Gasteiger partial charge on any atom is 0.307 e. The monoisotopic (exact) mass is 233 g/mol. The molecule has 1 aromatic rings. The fourth-order valence-electron chi connectivity index (χ4n) is 1.14. The van der Waals surface area contributed by atoms with E-state index in [1.807, 2.05) is 6.07 Å². The molecule has 0 aliphatic rings. The van der Waals surface area contributed by atoms with Crippen LogP contribution in [0.4, 0.5) is 0 Å². The molecule has 0 fully saturated rings. The minimum atomic E-state index is -0.941. The number of halogens is 1. The number of carboxylic acid groups (broad SMARTS) is 1. The third-order valence-electron chi connectivity index (χ3n) is 1.79. The van der Waals surface area contributed by atoms with Crippen LogP contribution < -0.4 is 0 Å². The molecule has 1 rings (SSSR count). The third kappa shape index (κ3) is 3.65. The van der Waals surface area contributed by atoms with Gasteiger partial charge < -0.3 is 5.11 Å². The predicted octanol–water partition coefficient (Wildman–Crippen LogP) is 2.23. The topological polar surface area (TPSA) is 61.1 Å². The second-order valence-electron chi connectivity index (χ2n) is 3.01. The van der Waals surface area contributed by atoms with Gasteiger partial charge in [0, 0.05) is 10.6 Å². The molecule has 4 heteroatoms. The van der Waals surface area contributed by atoms with E-state index in [0.717, 1.165) is 0 Å². The summed E-state index contributed by atoms with van der Waals surface area (Å²) in [4.78, 5) is 10.6. The van der Waals surface area contributed by atoms with Crippen molar-refractivity contribution in [3.63, 3.8) is 0 Å². The van der Waals surface area contributed by atoms with Crippen LogP contribution in [0.15, 0.2) is 18.2 Å². The summed E-state index contributed by atoms with van der Waals surface area (Å²) in [5.74, 6) is 4.47. The van der Waals surface area contributed by atoms with Crippen molar-refractivity contribution >= 4 is 17.6 Å². The Hall–Kier alpha value is -1.97. The van der Waals surface area contributed by atoms with Gasteiger partial charge >= 0.3 is 5.97 Å². The van der Waals surface area contributed by atoms with Crippen LogP contribution >= 0.6 is 11.6 Å². The van der Waals surface area contributed by atoms with Gasteiger partial charge in [-0.3, -0.25) is 4.79 Å². The number of rotatable bonds is 2. The SMILES string of the molecule is N#CCC#Cc1ccc(Cl)c(CC(=O)O)c1. The second-order valence-corrected chi connectivity index (χ2v) is 3.42. The van der Waals surface area contributed by atoms with Crippen LogP contribution in [0, 0.1) is 23.2 Å². The molecule has 0 aliphatic heterocycles. The molecule has 0 aromatic heterocycles. The molecular weight excluding hydrogens is 226 g/mol. The lowest BCUT2D eigenvalue weighted by molar-refractivity contribution is -0.136. The molecule has 0 saturated heterocycles. The number of nitrogens with zero attached hydrogens (tertiary/aromatic N) is 1. The van der Waals surface area contributed by atoms with Crippen LogP contribution in [-0.2, 0) is 11.2 Å². The van der Waals surface area contributed by atoms with E-state index >= 15 is 0 Å². The Morgan fingerprint density at radius 2 is 2.25 bits per heavy atom. The van der Waals surface area contributed by atoms with Crippen LogP contribution in [0.3, 0.4) is 0 Å². The molecular formula is C12H8ClNO2. The van der Waals surface area contributed by atoms with E-state index in [1.165, 1.54) is 0 Å². The van der Waals surface area contributed by atoms with Crippen molar-refractivity contribution in [3.8, 4) is 17.9 Å². The maximum atomic E-state index is 10.6. The molecule has 1 aromatic carbocycles. The van der Waals surface area contributed by atoms with Crippen LogP contribution in [0.2, 0.25) is 5.02 Å². The van der Waals surface area contributed by atoms with E-state index < -0.39 is 5.97 Å². The highest BCUT2D eigenvalue weighted by Gasteiger charge is 2.05. The van der Waals surface area contributed by atoms with Crippen molar-refractivity contribution in [1.29, 1.82) is 5.26 Å². The number of carbonyl (C=O) groups is 1. The van der Waals surface area contributed by atoms with E-state index in [2.05, 4.69) is 11.8 Å². The van der Waals surface area contributed by atoms with E-state index in [9.17, 15) is 4.79 Å². The Labute approximate surface area is 98.3 Å². The summed E-state index contributed by atoms with van der Waals surface area (Å²) in [6.45, 7) is 0. The van der Waals surface area contributed by atoms with Crippen LogP contribution in [0.1, 0.15) is 17.5 Å². The van der Waals surface area contributed by atoms with Crippen molar-refractivity contribution < 1.29 is 9.90 Å². The van der Waals surface area contributed by atoms with E-state index in [0.29, 0.717) is 16.1 Å². The van der Waals surface area contributed by atoms with Gasteiger partial charge in [0.2, 0.25) is 0 Å². The van der Waals surface area contributed by atoms with E-state index in [-0.39, 0.29) is 12.8 Å². The van der Waals surface area contributed by atoms with Gasteiger partial charge in [-0.05, 0) is 23.8 Å². The Kier molecular flexibility index (Phi) is 4.39. The smallest absolute Gasteiger partial charge is 0.307 e. The first-order valence-corrected chi connectivity index (χ1v) is 4.87. The summed E-state index contributed by atoms with van der Waals surface area (Å²) in [5, 5.41) is 17.4. The van der Waals surface area contributed by atoms with Gasteiger partial charge in [-0.1, -0.05) is 23.4 Å². The zero-order valence-corrected chi connectivity index (χ0v) is 9.08. The number of benzene rings is 1. The van der Waals surface area contributed by atoms with Crippen LogP contribution in [0.25, 0.3) is 0 Å². The Morgan fingerprint density at radius 3 is 2.88 bits per heavy atom. The summed E-state index contributed by atoms with van der Waals surface area (Å²) in [6, 6.07) is 6.83. The molecule has 0 heterocycles. The molecule has 0 spiro atoms. The highest BCUT2D eigenvalue weighted by molar-refractivity contribution is 6.31. The van der Waals surface area contributed by atoms with Gasteiger partial charge in [-0.2, -0.15) is 5.26 Å². The maximum absolute atomic E-state index is 10.6. The lowest BCUT2D eigenvalue weighted by Gasteiger charge is -2.01. The molecule has 0 bridgehead atoms. The first-order chi connectivity index (χ1) is 7.63. The zero-order chi connectivity index (χ0) is 12.0. The molecule has 1 N–H and O–H groups in total. The molecule has 16 heavy (non-hydrogen) atoms. The molecule has 0 aliphatic carbocycles. The summed E-state index contributed by atoms with van der Waals surface area (Å²) in [6.07, 6.45) is 0.0174. The molecule has 80 valence electrons. The predicted molar refractivity (Wildman–Crippen MR) is 59.9 cm³/mol. The molecule has 0 amide bonds. The van der Waals surface area contributed by atoms with Gasteiger partial charge in [0.05, 0.1) is 18.9 Å². The van der Waals surface area contributed by atoms with Crippen molar-refractivity contribution in [2.45, 2.75) is 12.8 Å². The third-order valence-corrected chi connectivity index (χ3v) is 2.16. The Morgan fingerprint density at radius 1 is 1.50 bits per heavy atom. The Bertz CT molecular complexity index is 506. The van der Waals surface area contributed by atoms with E-state index in [4.69, 9.17) is 22.0 Å². The summed E-state index contributed by atoms with van der Waals surface area (Å²) in [5.41, 5.74) is 1.19. The molecule has 0 unspecified atom stereocenters. The van der Waals surface area contributed by atoms with Crippen LogP contribution in [0.5, 0.6) is 0 Å². The van der Waals surface area contributed by atoms with E-state index in [1.54, 1.807) is 18.2 Å². The fourth-order valence-corrected chi connectivity index (χ4v) is 1.32. The highest BCUT2D eigenvalue weighted by atomic mass is 35.5. The average Bonchev–Trinajstić information content (AvgIpc) is 2.22. The number of aliphatic carboxylic acids is 1. The number of hydrogen-bond acceptors (Lipinski definition) is 2. The van der Waals surface area contributed by atoms with Gasteiger partial charge in [0.15, 0.2) is 0 Å². The first kappa shape index (κ1) is 12.1. The number of hydrogen-bond donors (Lipinski definition) is 1. The van der Waals surface area contributed by atoms with Gasteiger partial charge in [0.1, 0.15) is 0 Å². The summed E-state index contributed by atoms with van der Waals surface area (Å²) >= 11 is 5.84. The van der Waals surface area contributed by atoms with Crippen molar-refractivity contribution in [2.24, 2.45) is 0 Å². The molecule has 0 atom stereocenters. The van der Waals surface area contributed by atoms with Gasteiger partial charge in [-0.15, -0.1) is 0 Å². The lowest BCUT2D eigenvalue weighted by atomic mass is 10.1. The van der Waals surface area contributed by atoms with Crippen molar-refractivity contribution in [2.75, 3.05) is 0 Å². The van der Waals surface area contributed by atoms with Crippen molar-refractivity contribution in [1.82, 2.24) is 0 Å². The lowest BCUT2D eigenvalue weighted by Crippen LogP contribution is -2.00. The molecule has 0 saturated carbocycles. The average molecular weight is 234 g/mol. The first-order valence-electron chi connectivity index (χ1n) is 4.49. The molecule has 0 radical (unpaired) electrons. The van der Waals surface area contributed by atoms with Gasteiger partial charge in [-0.25, -0.2) is 0 Å². The largest absolute Gasteiger partial charge is 0.481 e. The Balaban J connectivity index is 2.95. The summed E-state index contributed by atoms with van der Waals surface area (Å²) in [7, 11) is 0. The zero-order valence-electron chi connectivity index (χ0n) is 8.33. The quantitative estimate of drug-likeness (QED) is 0.797. The number of carboxylic acids is 1. The molecule has 3 nitrogen and oxygen atoms in total. The summed E-state index contributed by atoms with van der Waals surface area (Å²) < 4.78 is 0. The van der Waals surface area contributed by atoms with Crippen molar-refractivity contribution in [3.05, 3.63) is 34.3 Å². The standard InChI is InChI=1S/C12H8ClNO2/c13-11-5-4-9(3-1-2-6-14)7-10(11)8-12(15)16/h4-5,7H,2,8H2,(H,15,16). The normalized spacial score (nSPS) is 8.75. The van der Waals surface area contributed by atoms with Gasteiger partial charge in [0.25, 0.3) is 0 Å². The number of nitriles is 1. The second kappa shape index (κ2) is 5.80. The minimum Gasteiger partial charge on any atom is -0.481 e. The fraction of sp³-hybridized carbons (Fsp3) is 0.167.